The van der Waals surface area contributed by atoms with E-state index in [0.717, 1.165) is 18.9 Å². The first-order chi connectivity index (χ1) is 22.8. The van der Waals surface area contributed by atoms with Crippen LogP contribution in [0.4, 0.5) is 11.6 Å². The third kappa shape index (κ3) is 7.99. The quantitative estimate of drug-likeness (QED) is 0.252. The number of morpholine rings is 1. The molecule has 2 N–H and O–H groups in total. The first kappa shape index (κ1) is 34.0. The van der Waals surface area contributed by atoms with Gasteiger partial charge in [0.25, 0.3) is 0 Å². The molecule has 2 aliphatic heterocycles. The highest BCUT2D eigenvalue weighted by Crippen LogP contribution is 2.43. The van der Waals surface area contributed by atoms with E-state index in [1.54, 1.807) is 36.7 Å². The van der Waals surface area contributed by atoms with Gasteiger partial charge in [0.2, 0.25) is 0 Å². The smallest absolute Gasteiger partial charge is 0.336 e. The molecule has 4 heterocycles. The Morgan fingerprint density at radius 2 is 1.94 bits per heavy atom. The SMILES string of the molecule is CCOC(=O)C1=C(COCc2nnnn2CCNc2cc(N3CCOCC3)ncn2)NC(C)=C(C(=O)OC)C1c1cccc(Cl)c1Cl. The van der Waals surface area contributed by atoms with Crippen LogP contribution in [0.15, 0.2) is 53.1 Å². The van der Waals surface area contributed by atoms with Gasteiger partial charge in [-0.1, -0.05) is 35.3 Å². The van der Waals surface area contributed by atoms with E-state index >= 15 is 0 Å². The molecule has 17 heteroatoms. The van der Waals surface area contributed by atoms with Crippen molar-refractivity contribution in [1.82, 2.24) is 35.5 Å². The number of dihydropyridines is 1. The van der Waals surface area contributed by atoms with Crippen molar-refractivity contribution in [2.75, 3.05) is 63.4 Å². The molecule has 0 aliphatic carbocycles. The fraction of sp³-hybridized carbons (Fsp3) is 0.433. The van der Waals surface area contributed by atoms with E-state index < -0.39 is 17.9 Å². The van der Waals surface area contributed by atoms with Gasteiger partial charge < -0.3 is 34.5 Å². The molecule has 1 atom stereocenters. The van der Waals surface area contributed by atoms with Crippen molar-refractivity contribution in [1.29, 1.82) is 0 Å². The number of allylic oxidation sites excluding steroid dienone is 1. The van der Waals surface area contributed by atoms with E-state index in [1.807, 2.05) is 6.07 Å². The van der Waals surface area contributed by atoms with Crippen LogP contribution in [0.5, 0.6) is 0 Å². The third-order valence-corrected chi connectivity index (χ3v) is 8.37. The molecular formula is C30H35Cl2N9O6. The lowest BCUT2D eigenvalue weighted by Gasteiger charge is -2.31. The summed E-state index contributed by atoms with van der Waals surface area (Å²) in [5.74, 6) is -0.239. The number of hydrogen-bond donors (Lipinski definition) is 2. The molecule has 0 bridgehead atoms. The number of benzene rings is 1. The van der Waals surface area contributed by atoms with E-state index in [2.05, 4.69) is 41.0 Å². The minimum Gasteiger partial charge on any atom is -0.466 e. The number of rotatable bonds is 13. The highest BCUT2D eigenvalue weighted by atomic mass is 35.5. The lowest BCUT2D eigenvalue weighted by Crippen LogP contribution is -2.36. The predicted octanol–water partition coefficient (Wildman–Crippen LogP) is 2.89. The number of tetrazole rings is 1. The molecule has 47 heavy (non-hydrogen) atoms. The first-order valence-corrected chi connectivity index (χ1v) is 15.7. The Kier molecular flexibility index (Phi) is 11.6. The van der Waals surface area contributed by atoms with Crippen molar-refractivity contribution < 1.29 is 28.5 Å². The van der Waals surface area contributed by atoms with Crippen LogP contribution in [0.2, 0.25) is 10.0 Å². The number of ether oxygens (including phenoxy) is 4. The molecule has 0 amide bonds. The van der Waals surface area contributed by atoms with Gasteiger partial charge in [-0.25, -0.2) is 24.2 Å². The molecule has 0 radical (unpaired) electrons. The summed E-state index contributed by atoms with van der Waals surface area (Å²) >= 11 is 13.0. The van der Waals surface area contributed by atoms with Gasteiger partial charge >= 0.3 is 11.9 Å². The summed E-state index contributed by atoms with van der Waals surface area (Å²) in [5.41, 5.74) is 1.63. The van der Waals surface area contributed by atoms with E-state index in [-0.39, 0.29) is 41.0 Å². The minimum absolute atomic E-state index is 0.0260. The summed E-state index contributed by atoms with van der Waals surface area (Å²) in [6.45, 7) is 7.25. The topological polar surface area (TPSA) is 168 Å². The zero-order valence-corrected chi connectivity index (χ0v) is 27.7. The highest BCUT2D eigenvalue weighted by molar-refractivity contribution is 6.42. The Morgan fingerprint density at radius 3 is 2.70 bits per heavy atom. The zero-order valence-electron chi connectivity index (χ0n) is 26.2. The summed E-state index contributed by atoms with van der Waals surface area (Å²) in [6, 6.07) is 6.91. The normalized spacial score (nSPS) is 16.6. The van der Waals surface area contributed by atoms with Gasteiger partial charge in [-0.3, -0.25) is 0 Å². The summed E-state index contributed by atoms with van der Waals surface area (Å²) in [7, 11) is 1.27. The van der Waals surface area contributed by atoms with Crippen LogP contribution in [0, 0.1) is 0 Å². The van der Waals surface area contributed by atoms with Crippen LogP contribution in [0.25, 0.3) is 0 Å². The van der Waals surface area contributed by atoms with E-state index in [1.165, 1.54) is 13.4 Å². The van der Waals surface area contributed by atoms with Gasteiger partial charge in [0, 0.05) is 31.4 Å². The molecular weight excluding hydrogens is 653 g/mol. The molecule has 0 saturated carbocycles. The Hall–Kier alpha value is -4.31. The molecule has 1 unspecified atom stereocenters. The Labute approximate surface area is 281 Å². The second-order valence-corrected chi connectivity index (χ2v) is 11.2. The number of esters is 2. The molecule has 2 aromatic heterocycles. The standard InChI is InChI=1S/C30H35Cl2N9O6/c1-4-47-30(43)27-21(36-18(2)25(29(42)44-3)26(27)19-6-5-7-20(31)28(19)32)15-46-16-24-37-38-39-41(24)9-8-33-22-14-23(35-17-34-22)40-10-12-45-13-11-40/h5-7,14,17,26,36H,4,8-13,15-16H2,1-3H3,(H,33,34,35). The van der Waals surface area contributed by atoms with Crippen LogP contribution in [0.3, 0.4) is 0 Å². The number of anilines is 2. The second kappa shape index (κ2) is 16.0. The van der Waals surface area contributed by atoms with Crippen LogP contribution in [-0.4, -0.2) is 95.3 Å². The van der Waals surface area contributed by atoms with Gasteiger partial charge in [-0.15, -0.1) is 5.10 Å². The van der Waals surface area contributed by atoms with E-state index in [9.17, 15) is 9.59 Å². The maximum atomic E-state index is 13.5. The van der Waals surface area contributed by atoms with Gasteiger partial charge in [-0.2, -0.15) is 0 Å². The molecule has 1 aromatic carbocycles. The minimum atomic E-state index is -0.936. The number of aromatic nitrogens is 6. The van der Waals surface area contributed by atoms with Gasteiger partial charge in [0.1, 0.15) is 24.6 Å². The molecule has 250 valence electrons. The maximum absolute atomic E-state index is 13.5. The third-order valence-electron chi connectivity index (χ3n) is 7.54. The number of halogens is 2. The fourth-order valence-corrected chi connectivity index (χ4v) is 5.76. The van der Waals surface area contributed by atoms with Crippen molar-refractivity contribution >= 4 is 46.8 Å². The Bertz CT molecular complexity index is 1660. The summed E-state index contributed by atoms with van der Waals surface area (Å²) in [6.07, 6.45) is 1.53. The lowest BCUT2D eigenvalue weighted by molar-refractivity contribution is -0.139. The summed E-state index contributed by atoms with van der Waals surface area (Å²) < 4.78 is 23.6. The summed E-state index contributed by atoms with van der Waals surface area (Å²) in [5, 5.41) is 18.9. The molecule has 15 nitrogen and oxygen atoms in total. The molecule has 1 fully saturated rings. The first-order valence-electron chi connectivity index (χ1n) is 14.9. The Balaban J connectivity index is 1.30. The van der Waals surface area contributed by atoms with Gasteiger partial charge in [-0.05, 0) is 35.9 Å². The van der Waals surface area contributed by atoms with Gasteiger partial charge in [0.15, 0.2) is 5.82 Å². The lowest BCUT2D eigenvalue weighted by atomic mass is 9.80. The number of nitrogens with zero attached hydrogens (tertiary/aromatic N) is 7. The van der Waals surface area contributed by atoms with E-state index in [4.69, 9.17) is 42.1 Å². The van der Waals surface area contributed by atoms with Crippen molar-refractivity contribution in [3.05, 3.63) is 74.6 Å². The van der Waals surface area contributed by atoms with Gasteiger partial charge in [0.05, 0.1) is 72.9 Å². The zero-order chi connectivity index (χ0) is 33.3. The van der Waals surface area contributed by atoms with Crippen LogP contribution in [-0.2, 0) is 41.7 Å². The van der Waals surface area contributed by atoms with Crippen molar-refractivity contribution in [3.8, 4) is 0 Å². The maximum Gasteiger partial charge on any atom is 0.336 e. The summed E-state index contributed by atoms with van der Waals surface area (Å²) in [4.78, 5) is 37.3. The average molecular weight is 689 g/mol. The predicted molar refractivity (Wildman–Crippen MR) is 172 cm³/mol. The van der Waals surface area contributed by atoms with Crippen molar-refractivity contribution in [2.24, 2.45) is 0 Å². The van der Waals surface area contributed by atoms with Crippen LogP contribution >= 0.6 is 23.2 Å². The number of hydrogen-bond acceptors (Lipinski definition) is 14. The largest absolute Gasteiger partial charge is 0.466 e. The molecule has 2 aliphatic rings. The number of carbonyl (C=O) groups is 2. The Morgan fingerprint density at radius 1 is 1.13 bits per heavy atom. The molecule has 5 rings (SSSR count). The van der Waals surface area contributed by atoms with E-state index in [0.29, 0.717) is 54.9 Å². The molecule has 1 saturated heterocycles. The number of carbonyl (C=O) groups excluding carboxylic acids is 2. The van der Waals surface area contributed by atoms with Crippen molar-refractivity contribution in [3.63, 3.8) is 0 Å². The average Bonchev–Trinajstić information content (AvgIpc) is 3.53. The van der Waals surface area contributed by atoms with Crippen molar-refractivity contribution in [2.45, 2.75) is 32.9 Å². The number of methoxy groups -OCH3 is 1. The van der Waals surface area contributed by atoms with Crippen LogP contribution < -0.4 is 15.5 Å². The number of nitrogens with one attached hydrogen (secondary N) is 2. The van der Waals surface area contributed by atoms with Crippen LogP contribution in [0.1, 0.15) is 31.2 Å². The monoisotopic (exact) mass is 687 g/mol. The molecule has 3 aromatic rings. The highest BCUT2D eigenvalue weighted by Gasteiger charge is 2.40. The molecule has 0 spiro atoms. The second-order valence-electron chi connectivity index (χ2n) is 10.4. The fourth-order valence-electron chi connectivity index (χ4n) is 5.34.